The van der Waals surface area contributed by atoms with Crippen molar-refractivity contribution in [3.8, 4) is 0 Å². The maximum atomic E-state index is 12.3. The van der Waals surface area contributed by atoms with Crippen molar-refractivity contribution in [2.45, 2.75) is 31.6 Å². The van der Waals surface area contributed by atoms with Crippen LogP contribution in [-0.2, 0) is 17.9 Å². The van der Waals surface area contributed by atoms with Crippen LogP contribution < -0.4 is 5.32 Å². The van der Waals surface area contributed by atoms with E-state index >= 15 is 0 Å². The second-order valence-electron chi connectivity index (χ2n) is 4.07. The molecule has 1 aromatic carbocycles. The van der Waals surface area contributed by atoms with E-state index in [9.17, 15) is 26.3 Å². The van der Waals surface area contributed by atoms with E-state index in [2.05, 4.69) is 10.1 Å². The number of hydrogen-bond acceptors (Lipinski definition) is 2. The maximum absolute atomic E-state index is 12.3. The lowest BCUT2D eigenvalue weighted by Gasteiger charge is -2.23. The summed E-state index contributed by atoms with van der Waals surface area (Å²) in [5.41, 5.74) is 0.860. The zero-order valence-corrected chi connectivity index (χ0v) is 10.5. The van der Waals surface area contributed by atoms with Crippen LogP contribution in [0.1, 0.15) is 11.1 Å². The number of alkyl halides is 6. The third-order valence-electron chi connectivity index (χ3n) is 2.49. The molecule has 0 aliphatic rings. The van der Waals surface area contributed by atoms with E-state index in [0.717, 1.165) is 0 Å². The van der Waals surface area contributed by atoms with Gasteiger partial charge in [-0.05, 0) is 18.2 Å². The predicted octanol–water partition coefficient (Wildman–Crippen LogP) is 3.42. The summed E-state index contributed by atoms with van der Waals surface area (Å²) < 4.78 is 77.9. The first-order valence-electron chi connectivity index (χ1n) is 5.62. The quantitative estimate of drug-likeness (QED) is 0.842. The van der Waals surface area contributed by atoms with Gasteiger partial charge in [0.15, 0.2) is 0 Å². The lowest BCUT2D eigenvalue weighted by Crippen LogP contribution is -2.44. The zero-order valence-electron chi connectivity index (χ0n) is 10.5. The number of nitrogens with one attached hydrogen (secondary N) is 1. The summed E-state index contributed by atoms with van der Waals surface area (Å²) in [7, 11) is 1.62. The normalized spacial score (nSPS) is 13.0. The monoisotopic (exact) mass is 301 g/mol. The molecule has 1 N–H and O–H groups in total. The van der Waals surface area contributed by atoms with Crippen LogP contribution in [0, 0.1) is 0 Å². The van der Waals surface area contributed by atoms with Crippen molar-refractivity contribution in [1.29, 1.82) is 0 Å². The fourth-order valence-corrected chi connectivity index (χ4v) is 1.61. The number of ether oxygens (including phenoxy) is 1. The Labute approximate surface area is 111 Å². The first kappa shape index (κ1) is 16.8. The molecule has 1 aromatic rings. The summed E-state index contributed by atoms with van der Waals surface area (Å²) in [6, 6.07) is 6.19. The molecule has 0 saturated carbocycles. The van der Waals surface area contributed by atoms with Crippen molar-refractivity contribution in [2.75, 3.05) is 7.05 Å². The highest BCUT2D eigenvalue weighted by Gasteiger charge is 2.57. The molecule has 0 amide bonds. The second-order valence-corrected chi connectivity index (χ2v) is 4.07. The maximum Gasteiger partial charge on any atom is 0.423 e. The Morgan fingerprint density at radius 3 is 1.95 bits per heavy atom. The number of hydrogen-bond donors (Lipinski definition) is 1. The van der Waals surface area contributed by atoms with Gasteiger partial charge in [-0.1, -0.05) is 24.3 Å². The molecule has 1 rings (SSSR count). The zero-order chi connectivity index (χ0) is 15.4. The minimum absolute atomic E-state index is 0.278. The van der Waals surface area contributed by atoms with Gasteiger partial charge in [0.25, 0.3) is 0 Å². The Kier molecular flexibility index (Phi) is 5.41. The van der Waals surface area contributed by atoms with E-state index in [1.165, 1.54) is 12.1 Å². The SMILES string of the molecule is CNCc1ccccc1COC(C(F)(F)F)C(F)(F)F. The van der Waals surface area contributed by atoms with Crippen molar-refractivity contribution in [2.24, 2.45) is 0 Å². The third-order valence-corrected chi connectivity index (χ3v) is 2.49. The van der Waals surface area contributed by atoms with Gasteiger partial charge in [0.05, 0.1) is 6.61 Å². The highest BCUT2D eigenvalue weighted by Crippen LogP contribution is 2.36. The second kappa shape index (κ2) is 6.45. The minimum Gasteiger partial charge on any atom is -0.356 e. The van der Waals surface area contributed by atoms with Crippen molar-refractivity contribution < 1.29 is 31.1 Å². The Morgan fingerprint density at radius 1 is 1.00 bits per heavy atom. The molecule has 8 heteroatoms. The molecule has 2 nitrogen and oxygen atoms in total. The van der Waals surface area contributed by atoms with Crippen LogP contribution >= 0.6 is 0 Å². The molecular weight excluding hydrogens is 288 g/mol. The first-order chi connectivity index (χ1) is 9.16. The molecule has 0 bridgehead atoms. The molecular formula is C12H13F6NO. The highest BCUT2D eigenvalue weighted by molar-refractivity contribution is 5.26. The lowest BCUT2D eigenvalue weighted by atomic mass is 10.1. The summed E-state index contributed by atoms with van der Waals surface area (Å²) in [5.74, 6) is 0. The fourth-order valence-electron chi connectivity index (χ4n) is 1.61. The molecule has 114 valence electrons. The van der Waals surface area contributed by atoms with Crippen LogP contribution in [0.4, 0.5) is 26.3 Å². The van der Waals surface area contributed by atoms with Crippen molar-refractivity contribution >= 4 is 0 Å². The van der Waals surface area contributed by atoms with E-state index in [4.69, 9.17) is 0 Å². The van der Waals surface area contributed by atoms with Gasteiger partial charge in [0.2, 0.25) is 6.10 Å². The summed E-state index contributed by atoms with van der Waals surface area (Å²) in [4.78, 5) is 0. The molecule has 0 aliphatic heterocycles. The van der Waals surface area contributed by atoms with E-state index in [0.29, 0.717) is 12.1 Å². The van der Waals surface area contributed by atoms with Gasteiger partial charge >= 0.3 is 12.4 Å². The average molecular weight is 301 g/mol. The van der Waals surface area contributed by atoms with E-state index in [1.54, 1.807) is 19.2 Å². The molecule has 0 fully saturated rings. The van der Waals surface area contributed by atoms with Crippen LogP contribution in [0.15, 0.2) is 24.3 Å². The third kappa shape index (κ3) is 4.68. The van der Waals surface area contributed by atoms with E-state index in [-0.39, 0.29) is 5.56 Å². The van der Waals surface area contributed by atoms with Gasteiger partial charge in [-0.3, -0.25) is 0 Å². The Bertz CT molecular complexity index is 415. The molecule has 0 aromatic heterocycles. The molecule has 0 spiro atoms. The topological polar surface area (TPSA) is 21.3 Å². The lowest BCUT2D eigenvalue weighted by molar-refractivity contribution is -0.324. The van der Waals surface area contributed by atoms with Crippen LogP contribution in [0.2, 0.25) is 0 Å². The summed E-state index contributed by atoms with van der Waals surface area (Å²) in [6.07, 6.45) is -14.8. The Balaban J connectivity index is 2.83. The largest absolute Gasteiger partial charge is 0.423 e. The summed E-state index contributed by atoms with van der Waals surface area (Å²) in [5, 5.41) is 2.77. The number of rotatable bonds is 5. The summed E-state index contributed by atoms with van der Waals surface area (Å²) in [6.45, 7) is -0.441. The highest BCUT2D eigenvalue weighted by atomic mass is 19.4. The van der Waals surface area contributed by atoms with Gasteiger partial charge in [-0.15, -0.1) is 0 Å². The number of benzene rings is 1. The van der Waals surface area contributed by atoms with E-state index in [1.807, 2.05) is 0 Å². The number of halogens is 6. The Hall–Kier alpha value is -1.28. The Morgan fingerprint density at radius 2 is 1.50 bits per heavy atom. The van der Waals surface area contributed by atoms with Gasteiger partial charge in [-0.2, -0.15) is 26.3 Å². The molecule has 0 atom stereocenters. The van der Waals surface area contributed by atoms with Crippen LogP contribution in [0.3, 0.4) is 0 Å². The minimum atomic E-state index is -5.49. The van der Waals surface area contributed by atoms with Gasteiger partial charge < -0.3 is 10.1 Å². The molecule has 0 unspecified atom stereocenters. The van der Waals surface area contributed by atoms with Crippen molar-refractivity contribution in [3.63, 3.8) is 0 Å². The summed E-state index contributed by atoms with van der Waals surface area (Å²) >= 11 is 0. The van der Waals surface area contributed by atoms with Crippen LogP contribution in [-0.4, -0.2) is 25.5 Å². The van der Waals surface area contributed by atoms with Crippen LogP contribution in [0.25, 0.3) is 0 Å². The smallest absolute Gasteiger partial charge is 0.356 e. The molecule has 0 heterocycles. The van der Waals surface area contributed by atoms with Crippen molar-refractivity contribution in [1.82, 2.24) is 5.32 Å². The van der Waals surface area contributed by atoms with E-state index < -0.39 is 25.1 Å². The van der Waals surface area contributed by atoms with Gasteiger partial charge in [-0.25, -0.2) is 0 Å². The molecule has 0 radical (unpaired) electrons. The molecule has 0 aliphatic carbocycles. The predicted molar refractivity (Wildman–Crippen MR) is 59.9 cm³/mol. The van der Waals surface area contributed by atoms with Crippen molar-refractivity contribution in [3.05, 3.63) is 35.4 Å². The first-order valence-corrected chi connectivity index (χ1v) is 5.62. The molecule has 0 saturated heterocycles. The molecule has 20 heavy (non-hydrogen) atoms. The van der Waals surface area contributed by atoms with Crippen LogP contribution in [0.5, 0.6) is 0 Å². The van der Waals surface area contributed by atoms with Gasteiger partial charge in [0, 0.05) is 6.54 Å². The average Bonchev–Trinajstić information content (AvgIpc) is 2.28. The fraction of sp³-hybridized carbons (Fsp3) is 0.500. The van der Waals surface area contributed by atoms with Gasteiger partial charge in [0.1, 0.15) is 0 Å². The standard InChI is InChI=1S/C12H13F6NO/c1-19-6-8-4-2-3-5-9(8)7-20-10(11(13,14)15)12(16,17)18/h2-5,10,19H,6-7H2,1H3.